The molecule has 162 valence electrons. The number of hydrogen-bond acceptors (Lipinski definition) is 4. The summed E-state index contributed by atoms with van der Waals surface area (Å²) < 4.78 is 5.63. The minimum absolute atomic E-state index is 0.0454. The lowest BCUT2D eigenvalue weighted by atomic mass is 10.1. The number of benzene rings is 3. The van der Waals surface area contributed by atoms with E-state index < -0.39 is 0 Å². The van der Waals surface area contributed by atoms with Gasteiger partial charge in [-0.15, -0.1) is 11.3 Å². The molecule has 1 amide bonds. The smallest absolute Gasteiger partial charge is 0.224 e. The van der Waals surface area contributed by atoms with Crippen LogP contribution in [0.4, 0.5) is 5.69 Å². The van der Waals surface area contributed by atoms with Crippen LogP contribution in [-0.2, 0) is 4.79 Å². The summed E-state index contributed by atoms with van der Waals surface area (Å²) in [5.41, 5.74) is 5.09. The third-order valence-corrected chi connectivity index (χ3v) is 6.17. The summed E-state index contributed by atoms with van der Waals surface area (Å²) in [4.78, 5) is 17.0. The van der Waals surface area contributed by atoms with Gasteiger partial charge >= 0.3 is 0 Å². The topological polar surface area (TPSA) is 51.2 Å². The summed E-state index contributed by atoms with van der Waals surface area (Å²) in [6.07, 6.45) is 0.980. The van der Waals surface area contributed by atoms with Crippen LogP contribution in [0.3, 0.4) is 0 Å². The Hall–Kier alpha value is -3.15. The van der Waals surface area contributed by atoms with Gasteiger partial charge < -0.3 is 10.1 Å². The molecule has 0 saturated carbocycles. The number of carbonyl (C=O) groups is 1. The standard InChI is InChI=1S/C26H23ClN2O2S/c1-18-7-2-3-8-21(18)26-29-23(17-32-26)19-12-14-20(15-13-19)28-25(30)11-6-16-31-24-10-5-4-9-22(24)27/h2-5,7-10,12-15,17H,6,11,16H2,1H3,(H,28,30). The van der Waals surface area contributed by atoms with Crippen LogP contribution in [-0.4, -0.2) is 17.5 Å². The fourth-order valence-corrected chi connectivity index (χ4v) is 4.38. The molecule has 0 aliphatic rings. The molecule has 0 unspecified atom stereocenters. The van der Waals surface area contributed by atoms with Crippen LogP contribution in [0.1, 0.15) is 18.4 Å². The third kappa shape index (κ3) is 5.55. The molecule has 0 atom stereocenters. The molecule has 4 nitrogen and oxygen atoms in total. The zero-order valence-electron chi connectivity index (χ0n) is 17.7. The number of nitrogens with zero attached hydrogens (tertiary/aromatic N) is 1. The predicted molar refractivity (Wildman–Crippen MR) is 133 cm³/mol. The van der Waals surface area contributed by atoms with Crippen LogP contribution in [0.25, 0.3) is 21.8 Å². The van der Waals surface area contributed by atoms with Gasteiger partial charge in [0.15, 0.2) is 0 Å². The Labute approximate surface area is 196 Å². The molecule has 0 bridgehead atoms. The highest BCUT2D eigenvalue weighted by molar-refractivity contribution is 7.13. The monoisotopic (exact) mass is 462 g/mol. The summed E-state index contributed by atoms with van der Waals surface area (Å²) in [6, 6.07) is 23.3. The van der Waals surface area contributed by atoms with Crippen molar-refractivity contribution >= 4 is 34.5 Å². The predicted octanol–water partition coefficient (Wildman–Crippen LogP) is 7.24. The minimum Gasteiger partial charge on any atom is -0.492 e. The Kier molecular flexibility index (Phi) is 7.20. The van der Waals surface area contributed by atoms with Gasteiger partial charge in [-0.2, -0.15) is 0 Å². The number of amides is 1. The highest BCUT2D eigenvalue weighted by Crippen LogP contribution is 2.31. The first-order chi connectivity index (χ1) is 15.6. The van der Waals surface area contributed by atoms with Crippen LogP contribution in [0.2, 0.25) is 5.02 Å². The van der Waals surface area contributed by atoms with Gasteiger partial charge in [0.25, 0.3) is 0 Å². The molecule has 0 saturated heterocycles. The molecule has 0 aliphatic heterocycles. The maximum atomic E-state index is 12.2. The van der Waals surface area contributed by atoms with E-state index in [0.29, 0.717) is 30.2 Å². The van der Waals surface area contributed by atoms with Crippen molar-refractivity contribution in [2.75, 3.05) is 11.9 Å². The molecule has 3 aromatic carbocycles. The number of carbonyl (C=O) groups excluding carboxylic acids is 1. The summed E-state index contributed by atoms with van der Waals surface area (Å²) in [5.74, 6) is 0.591. The highest BCUT2D eigenvalue weighted by atomic mass is 35.5. The maximum absolute atomic E-state index is 12.2. The first-order valence-corrected chi connectivity index (χ1v) is 11.6. The van der Waals surface area contributed by atoms with Crippen LogP contribution < -0.4 is 10.1 Å². The second kappa shape index (κ2) is 10.4. The van der Waals surface area contributed by atoms with Crippen molar-refractivity contribution in [1.82, 2.24) is 4.98 Å². The molecule has 1 N–H and O–H groups in total. The van der Waals surface area contributed by atoms with Crippen molar-refractivity contribution in [2.45, 2.75) is 19.8 Å². The zero-order valence-corrected chi connectivity index (χ0v) is 19.2. The molecule has 0 radical (unpaired) electrons. The molecule has 1 heterocycles. The Bertz CT molecular complexity index is 1200. The van der Waals surface area contributed by atoms with Crippen LogP contribution in [0.15, 0.2) is 78.2 Å². The van der Waals surface area contributed by atoms with E-state index in [9.17, 15) is 4.79 Å². The van der Waals surface area contributed by atoms with Crippen molar-refractivity contribution in [2.24, 2.45) is 0 Å². The average molecular weight is 463 g/mol. The van der Waals surface area contributed by atoms with Crippen molar-refractivity contribution in [1.29, 1.82) is 0 Å². The van der Waals surface area contributed by atoms with Crippen molar-refractivity contribution in [3.05, 3.63) is 88.8 Å². The molecule has 32 heavy (non-hydrogen) atoms. The van der Waals surface area contributed by atoms with Crippen molar-refractivity contribution in [3.8, 4) is 27.6 Å². The van der Waals surface area contributed by atoms with Crippen molar-refractivity contribution in [3.63, 3.8) is 0 Å². The number of hydrogen-bond donors (Lipinski definition) is 1. The van der Waals surface area contributed by atoms with Crippen LogP contribution in [0.5, 0.6) is 5.75 Å². The van der Waals surface area contributed by atoms with E-state index in [1.807, 2.05) is 54.6 Å². The number of nitrogens with one attached hydrogen (secondary N) is 1. The Balaban J connectivity index is 1.29. The number of halogens is 1. The molecule has 0 fully saturated rings. The quantitative estimate of drug-likeness (QED) is 0.281. The summed E-state index contributed by atoms with van der Waals surface area (Å²) in [5, 5.41) is 6.58. The van der Waals surface area contributed by atoms with Gasteiger partial charge in [-0.3, -0.25) is 4.79 Å². The molecule has 4 rings (SSSR count). The Morgan fingerprint density at radius 1 is 1.03 bits per heavy atom. The molecule has 1 aromatic heterocycles. The van der Waals surface area contributed by atoms with Crippen LogP contribution >= 0.6 is 22.9 Å². The Morgan fingerprint density at radius 3 is 2.56 bits per heavy atom. The van der Waals surface area contributed by atoms with Gasteiger partial charge in [0.2, 0.25) is 5.91 Å². The van der Waals surface area contributed by atoms with E-state index in [1.165, 1.54) is 5.56 Å². The number of rotatable bonds is 8. The van der Waals surface area contributed by atoms with Gasteiger partial charge in [0, 0.05) is 28.6 Å². The lowest BCUT2D eigenvalue weighted by Gasteiger charge is -2.08. The zero-order chi connectivity index (χ0) is 22.3. The first kappa shape index (κ1) is 22.1. The van der Waals surface area contributed by atoms with Gasteiger partial charge in [-0.1, -0.05) is 60.1 Å². The number of para-hydroxylation sites is 1. The van der Waals surface area contributed by atoms with Crippen molar-refractivity contribution < 1.29 is 9.53 Å². The van der Waals surface area contributed by atoms with Gasteiger partial charge in [-0.05, 0) is 43.2 Å². The molecule has 4 aromatic rings. The molecule has 0 aliphatic carbocycles. The van der Waals surface area contributed by atoms with E-state index in [4.69, 9.17) is 21.3 Å². The fourth-order valence-electron chi connectivity index (χ4n) is 3.27. The number of thiazole rings is 1. The number of aryl methyl sites for hydroxylation is 1. The van der Waals surface area contributed by atoms with E-state index in [1.54, 1.807) is 17.4 Å². The van der Waals surface area contributed by atoms with E-state index in [-0.39, 0.29) is 5.91 Å². The Morgan fingerprint density at radius 2 is 1.78 bits per heavy atom. The number of ether oxygens (including phenoxy) is 1. The van der Waals surface area contributed by atoms with Gasteiger partial charge in [0.1, 0.15) is 10.8 Å². The van der Waals surface area contributed by atoms with E-state index in [2.05, 4.69) is 29.8 Å². The SMILES string of the molecule is Cc1ccccc1-c1nc(-c2ccc(NC(=O)CCCOc3ccccc3Cl)cc2)cs1. The van der Waals surface area contributed by atoms with Gasteiger partial charge in [-0.25, -0.2) is 4.98 Å². The highest BCUT2D eigenvalue weighted by Gasteiger charge is 2.09. The second-order valence-electron chi connectivity index (χ2n) is 7.36. The van der Waals surface area contributed by atoms with Gasteiger partial charge in [0.05, 0.1) is 17.3 Å². The second-order valence-corrected chi connectivity index (χ2v) is 8.63. The normalized spacial score (nSPS) is 10.7. The van der Waals surface area contributed by atoms with E-state index >= 15 is 0 Å². The summed E-state index contributed by atoms with van der Waals surface area (Å²) in [7, 11) is 0. The maximum Gasteiger partial charge on any atom is 0.224 e. The fraction of sp³-hybridized carbons (Fsp3) is 0.154. The number of aromatic nitrogens is 1. The molecule has 6 heteroatoms. The molecule has 0 spiro atoms. The van der Waals surface area contributed by atoms with E-state index in [0.717, 1.165) is 27.5 Å². The molecular formula is C26H23ClN2O2S. The lowest BCUT2D eigenvalue weighted by molar-refractivity contribution is -0.116. The summed E-state index contributed by atoms with van der Waals surface area (Å²) in [6.45, 7) is 2.53. The lowest BCUT2D eigenvalue weighted by Crippen LogP contribution is -2.12. The average Bonchev–Trinajstić information content (AvgIpc) is 3.29. The molecular weight excluding hydrogens is 440 g/mol. The largest absolute Gasteiger partial charge is 0.492 e. The minimum atomic E-state index is -0.0454. The number of anilines is 1. The third-order valence-electron chi connectivity index (χ3n) is 4.99. The van der Waals surface area contributed by atoms with Crippen LogP contribution in [0, 0.1) is 6.92 Å². The first-order valence-electron chi connectivity index (χ1n) is 10.4. The summed E-state index contributed by atoms with van der Waals surface area (Å²) >= 11 is 7.70.